The van der Waals surface area contributed by atoms with E-state index in [1.54, 1.807) is 41.8 Å². The maximum absolute atomic E-state index is 13.1. The Morgan fingerprint density at radius 2 is 1.79 bits per heavy atom. The zero-order chi connectivity index (χ0) is 19.5. The molecule has 0 aliphatic heterocycles. The Balaban J connectivity index is 1.66. The standard InChI is InChI=1S/C23H22N2O2S/c1-15-6-10-17(11-7-15)25-22(27)21-19-4-2-3-5-20(19)28-23(21)24-14-16-8-12-18(26)13-9-16/h6-14,26H,2-5H2,1H3,(H,25,27). The molecule has 1 aliphatic carbocycles. The van der Waals surface area contributed by atoms with Gasteiger partial charge in [0.15, 0.2) is 0 Å². The van der Waals surface area contributed by atoms with Gasteiger partial charge in [-0.1, -0.05) is 17.7 Å². The number of rotatable bonds is 4. The van der Waals surface area contributed by atoms with Crippen molar-refractivity contribution in [2.75, 3.05) is 5.32 Å². The van der Waals surface area contributed by atoms with Gasteiger partial charge in [-0.05, 0) is 80.1 Å². The molecule has 0 radical (unpaired) electrons. The predicted molar refractivity (Wildman–Crippen MR) is 115 cm³/mol. The van der Waals surface area contributed by atoms with Crippen LogP contribution in [0.25, 0.3) is 0 Å². The number of thiophene rings is 1. The highest BCUT2D eigenvalue weighted by atomic mass is 32.1. The summed E-state index contributed by atoms with van der Waals surface area (Å²) in [4.78, 5) is 19.0. The smallest absolute Gasteiger partial charge is 0.259 e. The molecule has 4 nitrogen and oxygen atoms in total. The second-order valence-corrected chi connectivity index (χ2v) is 8.14. The van der Waals surface area contributed by atoms with E-state index in [-0.39, 0.29) is 11.7 Å². The van der Waals surface area contributed by atoms with Gasteiger partial charge < -0.3 is 10.4 Å². The molecule has 2 aromatic carbocycles. The molecule has 5 heteroatoms. The van der Waals surface area contributed by atoms with Crippen LogP contribution in [0.4, 0.5) is 10.7 Å². The first-order chi connectivity index (χ1) is 13.6. The second kappa shape index (κ2) is 7.98. The fourth-order valence-electron chi connectivity index (χ4n) is 3.40. The number of amides is 1. The number of hydrogen-bond donors (Lipinski definition) is 2. The molecule has 0 atom stereocenters. The molecule has 0 unspecified atom stereocenters. The van der Waals surface area contributed by atoms with Crippen LogP contribution in [0.3, 0.4) is 0 Å². The predicted octanol–water partition coefficient (Wildman–Crippen LogP) is 5.64. The van der Waals surface area contributed by atoms with Crippen molar-refractivity contribution in [1.82, 2.24) is 0 Å². The molecule has 0 spiro atoms. The van der Waals surface area contributed by atoms with Crippen LogP contribution in [0, 0.1) is 6.92 Å². The van der Waals surface area contributed by atoms with Crippen LogP contribution in [0.2, 0.25) is 0 Å². The van der Waals surface area contributed by atoms with Crippen molar-refractivity contribution in [2.24, 2.45) is 4.99 Å². The number of hydrogen-bond acceptors (Lipinski definition) is 4. The van der Waals surface area contributed by atoms with Gasteiger partial charge in [-0.15, -0.1) is 11.3 Å². The zero-order valence-corrected chi connectivity index (χ0v) is 16.6. The number of aryl methyl sites for hydroxylation is 2. The molecule has 3 aromatic rings. The summed E-state index contributed by atoms with van der Waals surface area (Å²) in [6.45, 7) is 2.02. The third-order valence-corrected chi connectivity index (χ3v) is 6.11. The van der Waals surface area contributed by atoms with Crippen LogP contribution < -0.4 is 5.32 Å². The first kappa shape index (κ1) is 18.4. The molecule has 0 saturated heterocycles. The molecular weight excluding hydrogens is 368 g/mol. The monoisotopic (exact) mass is 390 g/mol. The topological polar surface area (TPSA) is 61.7 Å². The van der Waals surface area contributed by atoms with Gasteiger partial charge in [-0.25, -0.2) is 4.99 Å². The number of phenolic OH excluding ortho intramolecular Hbond substituents is 1. The number of aromatic hydroxyl groups is 1. The lowest BCUT2D eigenvalue weighted by molar-refractivity contribution is 0.102. The number of anilines is 1. The van der Waals surface area contributed by atoms with E-state index in [1.165, 1.54) is 4.88 Å². The fourth-order valence-corrected chi connectivity index (χ4v) is 4.63. The quantitative estimate of drug-likeness (QED) is 0.566. The van der Waals surface area contributed by atoms with Crippen molar-refractivity contribution in [1.29, 1.82) is 0 Å². The SMILES string of the molecule is Cc1ccc(NC(=O)c2c(N=Cc3ccc(O)cc3)sc3c2CCCC3)cc1. The molecular formula is C23H22N2O2S. The van der Waals surface area contributed by atoms with E-state index in [2.05, 4.69) is 10.3 Å². The number of nitrogens with one attached hydrogen (secondary N) is 1. The summed E-state index contributed by atoms with van der Waals surface area (Å²) in [7, 11) is 0. The average molecular weight is 391 g/mol. The van der Waals surface area contributed by atoms with Crippen LogP contribution in [0.15, 0.2) is 53.5 Å². The van der Waals surface area contributed by atoms with Gasteiger partial charge in [0.1, 0.15) is 10.8 Å². The minimum Gasteiger partial charge on any atom is -0.508 e. The third-order valence-electron chi connectivity index (χ3n) is 4.91. The molecule has 142 valence electrons. The summed E-state index contributed by atoms with van der Waals surface area (Å²) < 4.78 is 0. The van der Waals surface area contributed by atoms with E-state index >= 15 is 0 Å². The second-order valence-electron chi connectivity index (χ2n) is 7.06. The Labute approximate surface area is 168 Å². The molecule has 2 N–H and O–H groups in total. The number of phenols is 1. The van der Waals surface area contributed by atoms with Crippen LogP contribution in [-0.2, 0) is 12.8 Å². The highest BCUT2D eigenvalue weighted by Gasteiger charge is 2.25. The van der Waals surface area contributed by atoms with Gasteiger partial charge in [0.05, 0.1) is 5.56 Å². The normalized spacial score (nSPS) is 13.5. The first-order valence-electron chi connectivity index (χ1n) is 9.46. The Hall–Kier alpha value is -2.92. The fraction of sp³-hybridized carbons (Fsp3) is 0.217. The first-order valence-corrected chi connectivity index (χ1v) is 10.3. The van der Waals surface area contributed by atoms with Gasteiger partial charge in [0, 0.05) is 16.8 Å². The minimum atomic E-state index is -0.0962. The number of carbonyl (C=O) groups excluding carboxylic acids is 1. The Morgan fingerprint density at radius 1 is 1.07 bits per heavy atom. The summed E-state index contributed by atoms with van der Waals surface area (Å²) in [5.41, 5.74) is 4.69. The largest absolute Gasteiger partial charge is 0.508 e. The lowest BCUT2D eigenvalue weighted by atomic mass is 9.95. The molecule has 0 saturated carbocycles. The summed E-state index contributed by atoms with van der Waals surface area (Å²) in [6.07, 6.45) is 5.96. The van der Waals surface area contributed by atoms with Crippen molar-refractivity contribution in [2.45, 2.75) is 32.6 Å². The maximum atomic E-state index is 13.1. The summed E-state index contributed by atoms with van der Waals surface area (Å²) in [5, 5.41) is 13.2. The van der Waals surface area contributed by atoms with Gasteiger partial charge in [0.25, 0.3) is 5.91 Å². The summed E-state index contributed by atoms with van der Waals surface area (Å²) in [5.74, 6) is 0.128. The lowest BCUT2D eigenvalue weighted by Crippen LogP contribution is -2.14. The van der Waals surface area contributed by atoms with Crippen LogP contribution >= 0.6 is 11.3 Å². The molecule has 28 heavy (non-hydrogen) atoms. The van der Waals surface area contributed by atoms with Crippen LogP contribution in [-0.4, -0.2) is 17.2 Å². The van der Waals surface area contributed by atoms with E-state index in [4.69, 9.17) is 0 Å². The van der Waals surface area contributed by atoms with Gasteiger partial charge in [0.2, 0.25) is 0 Å². The third kappa shape index (κ3) is 3.99. The molecule has 4 rings (SSSR count). The highest BCUT2D eigenvalue weighted by molar-refractivity contribution is 7.16. The van der Waals surface area contributed by atoms with Gasteiger partial charge >= 0.3 is 0 Å². The van der Waals surface area contributed by atoms with Crippen molar-refractivity contribution < 1.29 is 9.90 Å². The summed E-state index contributed by atoms with van der Waals surface area (Å²) in [6, 6.07) is 14.7. The number of fused-ring (bicyclic) bond motifs is 1. The maximum Gasteiger partial charge on any atom is 0.259 e. The Kier molecular flexibility index (Phi) is 5.26. The van der Waals surface area contributed by atoms with E-state index in [9.17, 15) is 9.90 Å². The molecule has 1 aliphatic rings. The number of benzene rings is 2. The van der Waals surface area contributed by atoms with Crippen LogP contribution in [0.1, 0.15) is 44.8 Å². The van der Waals surface area contributed by atoms with E-state index in [0.717, 1.165) is 53.1 Å². The van der Waals surface area contributed by atoms with Crippen LogP contribution in [0.5, 0.6) is 5.75 Å². The number of aliphatic imine (C=N–C) groups is 1. The molecule has 0 fully saturated rings. The Bertz CT molecular complexity index is 1020. The summed E-state index contributed by atoms with van der Waals surface area (Å²) >= 11 is 1.62. The zero-order valence-electron chi connectivity index (χ0n) is 15.7. The van der Waals surface area contributed by atoms with E-state index < -0.39 is 0 Å². The van der Waals surface area contributed by atoms with Crippen molar-refractivity contribution in [3.8, 4) is 5.75 Å². The molecule has 1 heterocycles. The van der Waals surface area contributed by atoms with E-state index in [0.29, 0.717) is 5.56 Å². The number of carbonyl (C=O) groups is 1. The van der Waals surface area contributed by atoms with E-state index in [1.807, 2.05) is 31.2 Å². The van der Waals surface area contributed by atoms with Crippen molar-refractivity contribution >= 4 is 34.1 Å². The Morgan fingerprint density at radius 3 is 2.54 bits per heavy atom. The number of nitrogens with zero attached hydrogens (tertiary/aromatic N) is 1. The molecule has 1 aromatic heterocycles. The molecule has 0 bridgehead atoms. The van der Waals surface area contributed by atoms with Crippen molar-refractivity contribution in [3.05, 3.63) is 75.7 Å². The lowest BCUT2D eigenvalue weighted by Gasteiger charge is -2.13. The average Bonchev–Trinajstić information content (AvgIpc) is 3.08. The molecule has 1 amide bonds. The highest BCUT2D eigenvalue weighted by Crippen LogP contribution is 2.40. The minimum absolute atomic E-state index is 0.0962. The van der Waals surface area contributed by atoms with Gasteiger partial charge in [-0.2, -0.15) is 0 Å². The van der Waals surface area contributed by atoms with Gasteiger partial charge in [-0.3, -0.25) is 4.79 Å². The van der Waals surface area contributed by atoms with Crippen molar-refractivity contribution in [3.63, 3.8) is 0 Å².